The zero-order valence-corrected chi connectivity index (χ0v) is 11.0. The van der Waals surface area contributed by atoms with Crippen molar-refractivity contribution in [3.63, 3.8) is 0 Å². The standard InChI is InChI=1S/C11H21N3O4/c1-4-12-9(15)7-14(3)11(18)13-6-8(2)5-10(16)17/h8H,4-7H2,1-3H3,(H,12,15)(H,13,18)(H,16,17). The third-order valence-electron chi connectivity index (χ3n) is 2.23. The second kappa shape index (κ2) is 8.32. The number of carboxylic acids is 1. The lowest BCUT2D eigenvalue weighted by molar-refractivity contribution is -0.137. The molecule has 3 amide bonds. The number of urea groups is 1. The van der Waals surface area contributed by atoms with E-state index in [0.717, 1.165) is 0 Å². The van der Waals surface area contributed by atoms with Crippen molar-refractivity contribution >= 4 is 17.9 Å². The molecule has 0 heterocycles. The van der Waals surface area contributed by atoms with Gasteiger partial charge in [-0.05, 0) is 12.8 Å². The van der Waals surface area contributed by atoms with Gasteiger partial charge in [0.2, 0.25) is 5.91 Å². The van der Waals surface area contributed by atoms with E-state index in [4.69, 9.17) is 5.11 Å². The topological polar surface area (TPSA) is 98.7 Å². The van der Waals surface area contributed by atoms with Crippen molar-refractivity contribution in [1.82, 2.24) is 15.5 Å². The van der Waals surface area contributed by atoms with Gasteiger partial charge in [0.1, 0.15) is 6.54 Å². The minimum absolute atomic E-state index is 0.000313. The van der Waals surface area contributed by atoms with Crippen LogP contribution in [0.2, 0.25) is 0 Å². The van der Waals surface area contributed by atoms with E-state index in [1.165, 1.54) is 11.9 Å². The third-order valence-corrected chi connectivity index (χ3v) is 2.23. The average molecular weight is 259 g/mol. The van der Waals surface area contributed by atoms with Crippen molar-refractivity contribution in [3.8, 4) is 0 Å². The Morgan fingerprint density at radius 2 is 1.89 bits per heavy atom. The Morgan fingerprint density at radius 3 is 2.39 bits per heavy atom. The molecule has 0 aliphatic heterocycles. The molecule has 0 aliphatic carbocycles. The highest BCUT2D eigenvalue weighted by Gasteiger charge is 2.14. The van der Waals surface area contributed by atoms with Gasteiger partial charge in [-0.3, -0.25) is 9.59 Å². The molecule has 18 heavy (non-hydrogen) atoms. The van der Waals surface area contributed by atoms with Crippen LogP contribution in [0, 0.1) is 5.92 Å². The minimum Gasteiger partial charge on any atom is -0.481 e. The van der Waals surface area contributed by atoms with Crippen molar-refractivity contribution < 1.29 is 19.5 Å². The molecule has 7 nitrogen and oxygen atoms in total. The van der Waals surface area contributed by atoms with Gasteiger partial charge in [-0.2, -0.15) is 0 Å². The number of hydrogen-bond donors (Lipinski definition) is 3. The maximum atomic E-state index is 11.6. The van der Waals surface area contributed by atoms with Crippen LogP contribution in [0.4, 0.5) is 4.79 Å². The smallest absolute Gasteiger partial charge is 0.317 e. The van der Waals surface area contributed by atoms with E-state index in [0.29, 0.717) is 6.54 Å². The highest BCUT2D eigenvalue weighted by atomic mass is 16.4. The van der Waals surface area contributed by atoms with Gasteiger partial charge in [0.25, 0.3) is 0 Å². The summed E-state index contributed by atoms with van der Waals surface area (Å²) in [5.41, 5.74) is 0. The van der Waals surface area contributed by atoms with Gasteiger partial charge >= 0.3 is 12.0 Å². The molecule has 0 spiro atoms. The molecule has 0 saturated carbocycles. The number of nitrogens with one attached hydrogen (secondary N) is 2. The zero-order valence-electron chi connectivity index (χ0n) is 11.0. The molecule has 104 valence electrons. The van der Waals surface area contributed by atoms with Gasteiger partial charge in [0.05, 0.1) is 0 Å². The summed E-state index contributed by atoms with van der Waals surface area (Å²) in [5.74, 6) is -1.27. The van der Waals surface area contributed by atoms with Crippen molar-refractivity contribution in [2.24, 2.45) is 5.92 Å². The Bertz CT molecular complexity index is 307. The predicted octanol–water partition coefficient (Wildman–Crippen LogP) is -0.125. The Kier molecular flexibility index (Phi) is 7.50. The normalized spacial score (nSPS) is 11.5. The molecule has 1 unspecified atom stereocenters. The van der Waals surface area contributed by atoms with Gasteiger partial charge in [-0.15, -0.1) is 0 Å². The molecule has 3 N–H and O–H groups in total. The Hall–Kier alpha value is -1.79. The summed E-state index contributed by atoms with van der Waals surface area (Å²) in [6, 6.07) is -0.390. The number of carbonyl (C=O) groups is 3. The van der Waals surface area contributed by atoms with Crippen LogP contribution in [0.3, 0.4) is 0 Å². The fourth-order valence-corrected chi connectivity index (χ4v) is 1.31. The van der Waals surface area contributed by atoms with Gasteiger partial charge in [0.15, 0.2) is 0 Å². The quantitative estimate of drug-likeness (QED) is 0.593. The summed E-state index contributed by atoms with van der Waals surface area (Å²) in [5, 5.41) is 13.7. The zero-order chi connectivity index (χ0) is 14.1. The lowest BCUT2D eigenvalue weighted by Gasteiger charge is -2.18. The molecule has 7 heteroatoms. The van der Waals surface area contributed by atoms with E-state index in [2.05, 4.69) is 10.6 Å². The molecule has 0 fully saturated rings. The molecule has 0 rings (SSSR count). The highest BCUT2D eigenvalue weighted by molar-refractivity contribution is 5.83. The molecule has 0 radical (unpaired) electrons. The number of carboxylic acid groups (broad SMARTS) is 1. The number of aliphatic carboxylic acids is 1. The minimum atomic E-state index is -0.896. The first-order chi connectivity index (χ1) is 8.36. The van der Waals surface area contributed by atoms with Gasteiger partial charge < -0.3 is 20.6 Å². The van der Waals surface area contributed by atoms with E-state index >= 15 is 0 Å². The molecule has 0 aromatic carbocycles. The predicted molar refractivity (Wildman–Crippen MR) is 66.1 cm³/mol. The summed E-state index contributed by atoms with van der Waals surface area (Å²) in [6.07, 6.45) is 0.000313. The number of rotatable bonds is 7. The fourth-order valence-electron chi connectivity index (χ4n) is 1.31. The van der Waals surface area contributed by atoms with E-state index in [1.807, 2.05) is 0 Å². The van der Waals surface area contributed by atoms with E-state index in [9.17, 15) is 14.4 Å². The molecule has 0 bridgehead atoms. The SMILES string of the molecule is CCNC(=O)CN(C)C(=O)NCC(C)CC(=O)O. The summed E-state index contributed by atoms with van der Waals surface area (Å²) in [6.45, 7) is 4.30. The maximum absolute atomic E-state index is 11.6. The Balaban J connectivity index is 3.94. The number of hydrogen-bond acceptors (Lipinski definition) is 3. The molecular weight excluding hydrogens is 238 g/mol. The van der Waals surface area contributed by atoms with Crippen LogP contribution < -0.4 is 10.6 Å². The Morgan fingerprint density at radius 1 is 1.28 bits per heavy atom. The molecule has 0 aliphatic rings. The first kappa shape index (κ1) is 16.2. The van der Waals surface area contributed by atoms with E-state index in [1.54, 1.807) is 13.8 Å². The molecule has 1 atom stereocenters. The van der Waals surface area contributed by atoms with Crippen LogP contribution >= 0.6 is 0 Å². The van der Waals surface area contributed by atoms with Crippen LogP contribution in [0.15, 0.2) is 0 Å². The second-order valence-corrected chi connectivity index (χ2v) is 4.20. The molecular formula is C11H21N3O4. The van der Waals surface area contributed by atoms with Crippen LogP contribution in [0.5, 0.6) is 0 Å². The average Bonchev–Trinajstić information content (AvgIpc) is 2.25. The van der Waals surface area contributed by atoms with E-state index < -0.39 is 12.0 Å². The van der Waals surface area contributed by atoms with Crippen molar-refractivity contribution in [3.05, 3.63) is 0 Å². The summed E-state index contributed by atoms with van der Waals surface area (Å²) >= 11 is 0. The number of carbonyl (C=O) groups excluding carboxylic acids is 2. The summed E-state index contributed by atoms with van der Waals surface area (Å²) in [4.78, 5) is 34.5. The van der Waals surface area contributed by atoms with Gasteiger partial charge in [0, 0.05) is 26.6 Å². The number of nitrogens with zero attached hydrogens (tertiary/aromatic N) is 1. The summed E-state index contributed by atoms with van der Waals surface area (Å²) in [7, 11) is 1.51. The molecule has 0 saturated heterocycles. The second-order valence-electron chi connectivity index (χ2n) is 4.20. The van der Waals surface area contributed by atoms with Crippen molar-refractivity contribution in [2.75, 3.05) is 26.7 Å². The number of likely N-dealkylation sites (N-methyl/N-ethyl adjacent to an activating group) is 2. The number of amides is 3. The summed E-state index contributed by atoms with van der Waals surface area (Å²) < 4.78 is 0. The van der Waals surface area contributed by atoms with E-state index in [-0.39, 0.29) is 31.3 Å². The first-order valence-electron chi connectivity index (χ1n) is 5.84. The van der Waals surface area contributed by atoms with Crippen LogP contribution in [-0.2, 0) is 9.59 Å². The maximum Gasteiger partial charge on any atom is 0.317 e. The fraction of sp³-hybridized carbons (Fsp3) is 0.727. The third kappa shape index (κ3) is 7.48. The lowest BCUT2D eigenvalue weighted by atomic mass is 10.1. The monoisotopic (exact) mass is 259 g/mol. The van der Waals surface area contributed by atoms with Gasteiger partial charge in [-0.1, -0.05) is 6.92 Å². The molecule has 0 aromatic heterocycles. The van der Waals surface area contributed by atoms with Crippen LogP contribution in [0.25, 0.3) is 0 Å². The largest absolute Gasteiger partial charge is 0.481 e. The van der Waals surface area contributed by atoms with Crippen molar-refractivity contribution in [2.45, 2.75) is 20.3 Å². The van der Waals surface area contributed by atoms with Gasteiger partial charge in [-0.25, -0.2) is 4.79 Å². The Labute approximate surface area is 107 Å². The van der Waals surface area contributed by atoms with Crippen LogP contribution in [-0.4, -0.2) is 54.6 Å². The van der Waals surface area contributed by atoms with Crippen molar-refractivity contribution in [1.29, 1.82) is 0 Å². The lowest BCUT2D eigenvalue weighted by Crippen LogP contribution is -2.44. The highest BCUT2D eigenvalue weighted by Crippen LogP contribution is 1.99. The first-order valence-corrected chi connectivity index (χ1v) is 5.84. The molecule has 0 aromatic rings. The van der Waals surface area contributed by atoms with Crippen LogP contribution in [0.1, 0.15) is 20.3 Å².